The van der Waals surface area contributed by atoms with Gasteiger partial charge in [-0.2, -0.15) is 13.2 Å². The number of hydrogen-bond acceptors (Lipinski definition) is 4. The molecule has 1 fully saturated rings. The van der Waals surface area contributed by atoms with Gasteiger partial charge in [0.25, 0.3) is 0 Å². The Morgan fingerprint density at radius 3 is 2.26 bits per heavy atom. The maximum atomic E-state index is 12.8. The molecule has 5 nitrogen and oxygen atoms in total. The summed E-state index contributed by atoms with van der Waals surface area (Å²) in [6.45, 7) is 0. The number of rotatable bonds is 6. The summed E-state index contributed by atoms with van der Waals surface area (Å²) in [5.74, 6) is -1.67. The smallest absolute Gasteiger partial charge is 0.416 e. The van der Waals surface area contributed by atoms with Crippen LogP contribution in [0.5, 0.6) is 5.75 Å². The van der Waals surface area contributed by atoms with E-state index in [2.05, 4.69) is 0 Å². The maximum Gasteiger partial charge on any atom is 0.416 e. The second-order valence-corrected chi connectivity index (χ2v) is 8.40. The normalized spacial score (nSPS) is 16.0. The third-order valence-electron chi connectivity index (χ3n) is 4.11. The summed E-state index contributed by atoms with van der Waals surface area (Å²) in [5.41, 5.74) is -0.843. The summed E-state index contributed by atoms with van der Waals surface area (Å²) in [6, 6.07) is 9.05. The molecular formula is C18H15F3O5S. The van der Waals surface area contributed by atoms with Crippen molar-refractivity contribution >= 4 is 15.8 Å². The zero-order chi connectivity index (χ0) is 19.8. The first-order valence-corrected chi connectivity index (χ1v) is 9.54. The van der Waals surface area contributed by atoms with Crippen molar-refractivity contribution in [2.75, 3.05) is 0 Å². The van der Waals surface area contributed by atoms with Gasteiger partial charge in [-0.05, 0) is 43.2 Å². The van der Waals surface area contributed by atoms with Crippen molar-refractivity contribution in [2.45, 2.75) is 35.3 Å². The average molecular weight is 400 g/mol. The van der Waals surface area contributed by atoms with Gasteiger partial charge in [0.2, 0.25) is 6.10 Å². The van der Waals surface area contributed by atoms with E-state index in [0.717, 1.165) is 12.1 Å². The Kier molecular flexibility index (Phi) is 4.90. The SMILES string of the molecule is O=C(O)C(Oc1cccc(C(F)(F)F)c1)c1ccc(S(=O)(=O)C2CC2)cc1. The lowest BCUT2D eigenvalue weighted by Crippen LogP contribution is -2.19. The van der Waals surface area contributed by atoms with Crippen molar-refractivity contribution in [3.8, 4) is 5.75 Å². The van der Waals surface area contributed by atoms with Crippen molar-refractivity contribution in [1.29, 1.82) is 0 Å². The van der Waals surface area contributed by atoms with Crippen molar-refractivity contribution in [3.63, 3.8) is 0 Å². The quantitative estimate of drug-likeness (QED) is 0.797. The van der Waals surface area contributed by atoms with Crippen LogP contribution in [0.2, 0.25) is 0 Å². The Labute approximate surface area is 153 Å². The minimum absolute atomic E-state index is 0.0805. The molecule has 2 aromatic carbocycles. The molecule has 1 unspecified atom stereocenters. The minimum Gasteiger partial charge on any atom is -0.478 e. The molecule has 1 aliphatic carbocycles. The van der Waals surface area contributed by atoms with E-state index in [9.17, 15) is 31.5 Å². The second kappa shape index (κ2) is 6.88. The van der Waals surface area contributed by atoms with E-state index in [1.807, 2.05) is 0 Å². The van der Waals surface area contributed by atoms with Crippen LogP contribution in [-0.4, -0.2) is 24.7 Å². The van der Waals surface area contributed by atoms with Crippen LogP contribution in [0.3, 0.4) is 0 Å². The van der Waals surface area contributed by atoms with Gasteiger partial charge in [-0.15, -0.1) is 0 Å². The molecule has 0 aliphatic heterocycles. The first-order valence-electron chi connectivity index (χ1n) is 7.99. The van der Waals surface area contributed by atoms with Crippen molar-refractivity contribution in [2.24, 2.45) is 0 Å². The number of carboxylic acid groups (broad SMARTS) is 1. The lowest BCUT2D eigenvalue weighted by atomic mass is 10.1. The molecule has 27 heavy (non-hydrogen) atoms. The van der Waals surface area contributed by atoms with Crippen LogP contribution in [0, 0.1) is 0 Å². The first kappa shape index (κ1) is 19.2. The van der Waals surface area contributed by atoms with Crippen molar-refractivity contribution in [1.82, 2.24) is 0 Å². The van der Waals surface area contributed by atoms with Crippen LogP contribution < -0.4 is 4.74 Å². The molecule has 9 heteroatoms. The average Bonchev–Trinajstić information content (AvgIpc) is 3.45. The van der Waals surface area contributed by atoms with E-state index in [1.165, 1.54) is 30.3 Å². The van der Waals surface area contributed by atoms with Gasteiger partial charge in [0, 0.05) is 5.56 Å². The summed E-state index contributed by atoms with van der Waals surface area (Å²) >= 11 is 0. The fourth-order valence-corrected chi connectivity index (χ4v) is 4.20. The lowest BCUT2D eigenvalue weighted by Gasteiger charge is -2.17. The summed E-state index contributed by atoms with van der Waals surface area (Å²) in [4.78, 5) is 11.6. The Hall–Kier alpha value is -2.55. The highest BCUT2D eigenvalue weighted by atomic mass is 32.2. The van der Waals surface area contributed by atoms with Gasteiger partial charge >= 0.3 is 12.1 Å². The van der Waals surface area contributed by atoms with Gasteiger partial charge in [0.05, 0.1) is 15.7 Å². The van der Waals surface area contributed by atoms with Crippen LogP contribution in [0.4, 0.5) is 13.2 Å². The number of benzene rings is 2. The number of ether oxygens (including phenoxy) is 1. The summed E-state index contributed by atoms with van der Waals surface area (Å²) in [7, 11) is -3.42. The number of alkyl halides is 3. The third kappa shape index (κ3) is 4.24. The van der Waals surface area contributed by atoms with E-state index in [4.69, 9.17) is 4.74 Å². The molecular weight excluding hydrogens is 385 g/mol. The van der Waals surface area contributed by atoms with Gasteiger partial charge in [0.1, 0.15) is 5.75 Å². The molecule has 3 rings (SSSR count). The Bertz CT molecular complexity index is 948. The minimum atomic E-state index is -4.59. The van der Waals surface area contributed by atoms with Crippen LogP contribution in [0.1, 0.15) is 30.1 Å². The topological polar surface area (TPSA) is 80.7 Å². The van der Waals surface area contributed by atoms with Crippen LogP contribution >= 0.6 is 0 Å². The molecule has 1 atom stereocenters. The van der Waals surface area contributed by atoms with Crippen LogP contribution in [-0.2, 0) is 20.8 Å². The highest BCUT2D eigenvalue weighted by molar-refractivity contribution is 7.92. The molecule has 144 valence electrons. The lowest BCUT2D eigenvalue weighted by molar-refractivity contribution is -0.145. The predicted octanol–water partition coefficient (Wildman–Crippen LogP) is 3.85. The van der Waals surface area contributed by atoms with Crippen LogP contribution in [0.15, 0.2) is 53.4 Å². The molecule has 0 amide bonds. The summed E-state index contributed by atoms with van der Waals surface area (Å²) < 4.78 is 67.9. The van der Waals surface area contributed by atoms with E-state index < -0.39 is 38.9 Å². The Morgan fingerprint density at radius 1 is 1.11 bits per heavy atom. The van der Waals surface area contributed by atoms with Crippen molar-refractivity contribution < 1.29 is 36.2 Å². The van der Waals surface area contributed by atoms with Gasteiger partial charge in [-0.1, -0.05) is 18.2 Å². The molecule has 1 aliphatic rings. The van der Waals surface area contributed by atoms with E-state index in [0.29, 0.717) is 18.9 Å². The monoisotopic (exact) mass is 400 g/mol. The fourth-order valence-electron chi connectivity index (χ4n) is 2.55. The number of carbonyl (C=O) groups is 1. The third-order valence-corrected chi connectivity index (χ3v) is 6.39. The van der Waals surface area contributed by atoms with Crippen LogP contribution in [0.25, 0.3) is 0 Å². The second-order valence-electron chi connectivity index (χ2n) is 6.18. The van der Waals surface area contributed by atoms with Crippen molar-refractivity contribution in [3.05, 3.63) is 59.7 Å². The molecule has 1 saturated carbocycles. The molecule has 0 spiro atoms. The molecule has 0 saturated heterocycles. The molecule has 0 aromatic heterocycles. The fraction of sp³-hybridized carbons (Fsp3) is 0.278. The highest BCUT2D eigenvalue weighted by Gasteiger charge is 2.37. The number of carboxylic acids is 1. The number of hydrogen-bond donors (Lipinski definition) is 1. The van der Waals surface area contributed by atoms with Gasteiger partial charge in [-0.3, -0.25) is 0 Å². The number of sulfone groups is 1. The van der Waals surface area contributed by atoms with Gasteiger partial charge in [-0.25, -0.2) is 13.2 Å². The number of aliphatic carboxylic acids is 1. The van der Waals surface area contributed by atoms with E-state index in [1.54, 1.807) is 0 Å². The number of halogens is 3. The zero-order valence-electron chi connectivity index (χ0n) is 13.8. The zero-order valence-corrected chi connectivity index (χ0v) is 14.6. The molecule has 1 N–H and O–H groups in total. The highest BCUT2D eigenvalue weighted by Crippen LogP contribution is 2.35. The largest absolute Gasteiger partial charge is 0.478 e. The maximum absolute atomic E-state index is 12.8. The Morgan fingerprint density at radius 2 is 1.74 bits per heavy atom. The molecule has 0 heterocycles. The van der Waals surface area contributed by atoms with E-state index >= 15 is 0 Å². The Balaban J connectivity index is 1.85. The van der Waals surface area contributed by atoms with E-state index in [-0.39, 0.29) is 16.2 Å². The van der Waals surface area contributed by atoms with Gasteiger partial charge in [0.15, 0.2) is 9.84 Å². The summed E-state index contributed by atoms with van der Waals surface area (Å²) in [5, 5.41) is 8.98. The molecule has 2 aromatic rings. The standard InChI is InChI=1S/C18H15F3O5S/c19-18(20,21)12-2-1-3-13(10-12)26-16(17(22)23)11-4-6-14(7-5-11)27(24,25)15-8-9-15/h1-7,10,15-16H,8-9H2,(H,22,23). The summed E-state index contributed by atoms with van der Waals surface area (Å²) in [6.07, 6.45) is -4.97. The molecule has 0 bridgehead atoms. The first-order chi connectivity index (χ1) is 12.6. The predicted molar refractivity (Wildman–Crippen MR) is 89.1 cm³/mol. The molecule has 0 radical (unpaired) electrons. The van der Waals surface area contributed by atoms with Gasteiger partial charge < -0.3 is 9.84 Å².